The second-order valence-electron chi connectivity index (χ2n) is 6.17. The Labute approximate surface area is 180 Å². The number of thioether (sulfide) groups is 1. The zero-order valence-electron chi connectivity index (χ0n) is 16.1. The van der Waals surface area contributed by atoms with Crippen molar-refractivity contribution in [3.8, 4) is 17.2 Å². The molecule has 0 amide bonds. The van der Waals surface area contributed by atoms with Crippen molar-refractivity contribution in [2.75, 3.05) is 13.7 Å². The zero-order valence-corrected chi connectivity index (χ0v) is 16.9. The largest absolute Gasteiger partial charge is 0.491 e. The number of pyridine rings is 1. The smallest absolute Gasteiger partial charge is 0.461 e. The number of benzene rings is 1. The van der Waals surface area contributed by atoms with Gasteiger partial charge in [-0.2, -0.15) is 30.7 Å². The number of hydrogen-bond donors (Lipinski definition) is 1. The molecule has 2 heterocycles. The number of aromatic amines is 1. The standard InChI is InChI=1S/C18H14F7N3O3S/c1-29-14-12(26-5-4-13(14)30-8-17(21,22)23)7-32-16-27-10-3-2-9(6-11(10)28-16)31-18(24,25)15(19)20/h2-6,15H,7-8H2,1H3,(H,27,28). The van der Waals surface area contributed by atoms with E-state index in [9.17, 15) is 30.7 Å². The van der Waals surface area contributed by atoms with E-state index in [-0.39, 0.29) is 28.5 Å². The van der Waals surface area contributed by atoms with Crippen LogP contribution in [0.4, 0.5) is 30.7 Å². The molecule has 0 saturated carbocycles. The van der Waals surface area contributed by atoms with Gasteiger partial charge in [0, 0.05) is 24.1 Å². The summed E-state index contributed by atoms with van der Waals surface area (Å²) < 4.78 is 102. The summed E-state index contributed by atoms with van der Waals surface area (Å²) in [4.78, 5) is 11.1. The number of rotatable bonds is 9. The molecule has 2 aromatic heterocycles. The molecule has 0 unspecified atom stereocenters. The van der Waals surface area contributed by atoms with Crippen molar-refractivity contribution in [3.05, 3.63) is 36.2 Å². The number of hydrogen-bond acceptors (Lipinski definition) is 6. The van der Waals surface area contributed by atoms with E-state index in [0.717, 1.165) is 23.9 Å². The Kier molecular flexibility index (Phi) is 6.91. The van der Waals surface area contributed by atoms with Crippen molar-refractivity contribution in [3.63, 3.8) is 0 Å². The maximum absolute atomic E-state index is 13.1. The third-order valence-electron chi connectivity index (χ3n) is 3.82. The molecule has 0 bridgehead atoms. The molecular formula is C18H14F7N3O3S. The van der Waals surface area contributed by atoms with Crippen molar-refractivity contribution in [2.45, 2.75) is 29.6 Å². The molecule has 1 aromatic carbocycles. The Morgan fingerprint density at radius 2 is 1.88 bits per heavy atom. The van der Waals surface area contributed by atoms with Crippen LogP contribution in [0.15, 0.2) is 35.6 Å². The van der Waals surface area contributed by atoms with Crippen molar-refractivity contribution < 1.29 is 44.9 Å². The fraction of sp³-hybridized carbons (Fsp3) is 0.333. The highest BCUT2D eigenvalue weighted by Crippen LogP contribution is 2.35. The van der Waals surface area contributed by atoms with Crippen LogP contribution in [0.5, 0.6) is 17.2 Å². The van der Waals surface area contributed by atoms with E-state index in [4.69, 9.17) is 9.47 Å². The first-order valence-corrected chi connectivity index (χ1v) is 9.66. The van der Waals surface area contributed by atoms with Gasteiger partial charge in [-0.05, 0) is 12.1 Å². The average Bonchev–Trinajstić information content (AvgIpc) is 3.11. The molecule has 0 fully saturated rings. The van der Waals surface area contributed by atoms with Gasteiger partial charge in [0.05, 0.1) is 23.8 Å². The van der Waals surface area contributed by atoms with Crippen LogP contribution in [0.2, 0.25) is 0 Å². The molecule has 6 nitrogen and oxygen atoms in total. The van der Waals surface area contributed by atoms with Gasteiger partial charge >= 0.3 is 18.7 Å². The zero-order chi connectivity index (χ0) is 23.5. The third-order valence-corrected chi connectivity index (χ3v) is 4.71. The molecule has 32 heavy (non-hydrogen) atoms. The lowest BCUT2D eigenvalue weighted by Crippen LogP contribution is -2.33. The first kappa shape index (κ1) is 23.8. The molecule has 174 valence electrons. The molecule has 0 spiro atoms. The van der Waals surface area contributed by atoms with Gasteiger partial charge < -0.3 is 19.2 Å². The lowest BCUT2D eigenvalue weighted by atomic mass is 10.3. The normalized spacial score (nSPS) is 12.4. The predicted molar refractivity (Wildman–Crippen MR) is 99.6 cm³/mol. The number of ether oxygens (including phenoxy) is 3. The van der Waals surface area contributed by atoms with Gasteiger partial charge in [0.2, 0.25) is 0 Å². The highest BCUT2D eigenvalue weighted by molar-refractivity contribution is 7.98. The van der Waals surface area contributed by atoms with Crippen LogP contribution < -0.4 is 14.2 Å². The fourth-order valence-corrected chi connectivity index (χ4v) is 3.33. The lowest BCUT2D eigenvalue weighted by molar-refractivity contribution is -0.253. The molecule has 0 aliphatic carbocycles. The van der Waals surface area contributed by atoms with Crippen molar-refractivity contribution >= 4 is 22.8 Å². The number of nitrogens with one attached hydrogen (secondary N) is 1. The maximum atomic E-state index is 13.1. The molecule has 0 aliphatic heterocycles. The summed E-state index contributed by atoms with van der Waals surface area (Å²) >= 11 is 1.09. The molecule has 3 aromatic rings. The van der Waals surface area contributed by atoms with Gasteiger partial charge in [0.25, 0.3) is 0 Å². The fourth-order valence-electron chi connectivity index (χ4n) is 2.50. The average molecular weight is 485 g/mol. The van der Waals surface area contributed by atoms with Crippen LogP contribution in [0.3, 0.4) is 0 Å². The summed E-state index contributed by atoms with van der Waals surface area (Å²) in [5, 5.41) is 0.309. The monoisotopic (exact) mass is 485 g/mol. The molecular weight excluding hydrogens is 471 g/mol. The van der Waals surface area contributed by atoms with Crippen LogP contribution >= 0.6 is 11.8 Å². The summed E-state index contributed by atoms with van der Waals surface area (Å²) in [6.45, 7) is -1.50. The summed E-state index contributed by atoms with van der Waals surface area (Å²) in [5.74, 6) is -0.494. The number of imidazole rings is 1. The topological polar surface area (TPSA) is 69.3 Å². The third kappa shape index (κ3) is 5.87. The number of aromatic nitrogens is 3. The SMILES string of the molecule is COc1c(OCC(F)(F)F)ccnc1CSc1nc2ccc(OC(F)(F)C(F)F)cc2[nH]1. The summed E-state index contributed by atoms with van der Waals surface area (Å²) in [6.07, 6.45) is -11.9. The molecule has 14 heteroatoms. The number of fused-ring (bicyclic) bond motifs is 1. The van der Waals surface area contributed by atoms with E-state index < -0.39 is 31.1 Å². The van der Waals surface area contributed by atoms with Crippen molar-refractivity contribution in [1.82, 2.24) is 15.0 Å². The first-order valence-electron chi connectivity index (χ1n) is 8.67. The Balaban J connectivity index is 1.73. The van der Waals surface area contributed by atoms with E-state index in [0.29, 0.717) is 10.7 Å². The van der Waals surface area contributed by atoms with Crippen LogP contribution in [-0.4, -0.2) is 47.4 Å². The lowest BCUT2D eigenvalue weighted by Gasteiger charge is -2.16. The molecule has 0 aliphatic rings. The quantitative estimate of drug-likeness (QED) is 0.322. The molecule has 0 radical (unpaired) electrons. The molecule has 3 rings (SSSR count). The Morgan fingerprint density at radius 3 is 2.53 bits per heavy atom. The van der Waals surface area contributed by atoms with Crippen molar-refractivity contribution in [1.29, 1.82) is 0 Å². The van der Waals surface area contributed by atoms with E-state index in [1.54, 1.807) is 0 Å². The van der Waals surface area contributed by atoms with Gasteiger partial charge in [0.1, 0.15) is 5.75 Å². The van der Waals surface area contributed by atoms with E-state index in [1.165, 1.54) is 25.4 Å². The minimum Gasteiger partial charge on any atom is -0.491 e. The predicted octanol–water partition coefficient (Wildman–Crippen LogP) is 5.44. The second kappa shape index (κ2) is 9.30. The highest BCUT2D eigenvalue weighted by Gasteiger charge is 2.44. The summed E-state index contributed by atoms with van der Waals surface area (Å²) in [6, 6.07) is 4.70. The molecule has 1 N–H and O–H groups in total. The highest BCUT2D eigenvalue weighted by atomic mass is 32.2. The van der Waals surface area contributed by atoms with E-state index in [2.05, 4.69) is 19.7 Å². The maximum Gasteiger partial charge on any atom is 0.461 e. The summed E-state index contributed by atoms with van der Waals surface area (Å²) in [5.41, 5.74) is 0.873. The first-order chi connectivity index (χ1) is 15.0. The van der Waals surface area contributed by atoms with Crippen molar-refractivity contribution in [2.24, 2.45) is 0 Å². The number of H-pyrrole nitrogens is 1. The van der Waals surface area contributed by atoms with Gasteiger partial charge in [0.15, 0.2) is 23.3 Å². The summed E-state index contributed by atoms with van der Waals surface area (Å²) in [7, 11) is 1.25. The second-order valence-corrected chi connectivity index (χ2v) is 7.13. The number of halogens is 7. The Morgan fingerprint density at radius 1 is 1.12 bits per heavy atom. The molecule has 0 saturated heterocycles. The number of nitrogens with zero attached hydrogens (tertiary/aromatic N) is 2. The van der Waals surface area contributed by atoms with Gasteiger partial charge in [-0.15, -0.1) is 0 Å². The number of methoxy groups -OCH3 is 1. The Hall–Kier alpha value is -2.90. The number of alkyl halides is 7. The van der Waals surface area contributed by atoms with Crippen LogP contribution in [-0.2, 0) is 5.75 Å². The van der Waals surface area contributed by atoms with Crippen LogP contribution in [0, 0.1) is 0 Å². The van der Waals surface area contributed by atoms with E-state index >= 15 is 0 Å². The minimum absolute atomic E-state index is 0.0188. The van der Waals surface area contributed by atoms with Gasteiger partial charge in [-0.25, -0.2) is 4.98 Å². The van der Waals surface area contributed by atoms with Gasteiger partial charge in [-0.1, -0.05) is 11.8 Å². The van der Waals surface area contributed by atoms with Gasteiger partial charge in [-0.3, -0.25) is 4.98 Å². The molecule has 0 atom stereocenters. The minimum atomic E-state index is -4.65. The van der Waals surface area contributed by atoms with E-state index in [1.807, 2.05) is 0 Å². The van der Waals surface area contributed by atoms with Crippen LogP contribution in [0.25, 0.3) is 11.0 Å². The van der Waals surface area contributed by atoms with Crippen LogP contribution in [0.1, 0.15) is 5.69 Å². The Bertz CT molecular complexity index is 1080.